The van der Waals surface area contributed by atoms with Gasteiger partial charge in [0.1, 0.15) is 23.5 Å². The Morgan fingerprint density at radius 1 is 0.648 bits per heavy atom. The van der Waals surface area contributed by atoms with E-state index in [4.69, 9.17) is 0 Å². The minimum absolute atomic E-state index is 0.0102. The molecule has 2 aromatic heterocycles. The molecule has 1 saturated heterocycles. The number of aromatic nitrogens is 2. The van der Waals surface area contributed by atoms with Crippen molar-refractivity contribution in [3.8, 4) is 0 Å². The van der Waals surface area contributed by atoms with E-state index >= 15 is 0 Å². The summed E-state index contributed by atoms with van der Waals surface area (Å²) >= 11 is 2.87. The van der Waals surface area contributed by atoms with Crippen molar-refractivity contribution < 1.29 is 38.7 Å². The van der Waals surface area contributed by atoms with Crippen LogP contribution in [0.1, 0.15) is 157 Å². The molecule has 1 fully saturated rings. The molecular weight excluding hydrogens is 1150 g/mol. The molecule has 5 rings (SSSR count). The number of likely N-dealkylation sites (N-methyl/N-ethyl adjacent to an activating group) is 4. The van der Waals surface area contributed by atoms with Gasteiger partial charge in [-0.2, -0.15) is 0 Å². The molecule has 1 aliphatic rings. The lowest BCUT2D eigenvalue weighted by molar-refractivity contribution is -0.140. The zero-order chi connectivity index (χ0) is 65.4. The van der Waals surface area contributed by atoms with E-state index in [0.717, 1.165) is 58.9 Å². The SMILES string of the molecule is CCC(C)[C@H](NC(=O)C1CCCN1C)C(=O)N(C)[C@H](CCc1nc(C(=O)N[C@H](/C=C(\C)C(=O)O)Cc2ccccc2)cs1)C(C)C.CCC(C)[C@H](NC(=O)CN(C)C)C(=O)N(C)[C@H](CCc1nc(C(=O)N[C@H](C=C(C)C)Cc2ccccc2)cs1)C(C)C. The van der Waals surface area contributed by atoms with Gasteiger partial charge >= 0.3 is 5.97 Å². The largest absolute Gasteiger partial charge is 0.478 e. The predicted octanol–water partition coefficient (Wildman–Crippen LogP) is 9.51. The van der Waals surface area contributed by atoms with Crippen molar-refractivity contribution in [2.75, 3.05) is 48.3 Å². The number of carbonyl (C=O) groups excluding carboxylic acids is 6. The molecule has 3 heterocycles. The molecule has 4 aromatic rings. The van der Waals surface area contributed by atoms with Gasteiger partial charge < -0.3 is 41.1 Å². The summed E-state index contributed by atoms with van der Waals surface area (Å²) < 4.78 is 0. The maximum atomic E-state index is 13.9. The fraction of sp³-hybridized carbons (Fsp3) is 0.574. The summed E-state index contributed by atoms with van der Waals surface area (Å²) in [6.45, 7) is 23.1. The van der Waals surface area contributed by atoms with Crippen molar-refractivity contribution in [3.63, 3.8) is 0 Å². The van der Waals surface area contributed by atoms with Crippen molar-refractivity contribution >= 4 is 64.1 Å². The van der Waals surface area contributed by atoms with Crippen molar-refractivity contribution in [1.82, 2.24) is 50.8 Å². The maximum Gasteiger partial charge on any atom is 0.331 e. The van der Waals surface area contributed by atoms with E-state index in [1.54, 1.807) is 26.2 Å². The lowest BCUT2D eigenvalue weighted by Crippen LogP contribution is -2.56. The van der Waals surface area contributed by atoms with Gasteiger partial charge in [-0.1, -0.05) is 147 Å². The molecule has 5 N–H and O–H groups in total. The molecule has 9 atom stereocenters. The Morgan fingerprint density at radius 2 is 1.08 bits per heavy atom. The number of aliphatic carboxylic acids is 1. The Kier molecular flexibility index (Phi) is 30.9. The third-order valence-corrected chi connectivity index (χ3v) is 18.3. The highest BCUT2D eigenvalue weighted by molar-refractivity contribution is 7.10. The van der Waals surface area contributed by atoms with Crippen LogP contribution in [0.2, 0.25) is 0 Å². The highest BCUT2D eigenvalue weighted by atomic mass is 32.1. The number of amides is 6. The summed E-state index contributed by atoms with van der Waals surface area (Å²) in [6, 6.07) is 17.5. The van der Waals surface area contributed by atoms with Gasteiger partial charge in [0.05, 0.1) is 34.7 Å². The number of allylic oxidation sites excluding steroid dienone is 1. The smallest absolute Gasteiger partial charge is 0.331 e. The highest BCUT2D eigenvalue weighted by Gasteiger charge is 2.37. The minimum atomic E-state index is -1.04. The average molecular weight is 1250 g/mol. The first kappa shape index (κ1) is 73.9. The molecule has 1 aliphatic heterocycles. The van der Waals surface area contributed by atoms with Crippen LogP contribution >= 0.6 is 22.7 Å². The van der Waals surface area contributed by atoms with Gasteiger partial charge in [0.2, 0.25) is 23.6 Å². The van der Waals surface area contributed by atoms with Gasteiger partial charge in [0, 0.05) is 55.4 Å². The molecule has 0 aliphatic carbocycles. The predicted molar refractivity (Wildman–Crippen MR) is 354 cm³/mol. The second-order valence-electron chi connectivity index (χ2n) is 25.0. The van der Waals surface area contributed by atoms with E-state index in [2.05, 4.69) is 77.1 Å². The van der Waals surface area contributed by atoms with E-state index in [0.29, 0.717) is 44.2 Å². The Balaban J connectivity index is 0.000000378. The molecule has 0 spiro atoms. The number of rotatable bonds is 32. The van der Waals surface area contributed by atoms with Crippen LogP contribution in [0.5, 0.6) is 0 Å². The van der Waals surface area contributed by atoms with Gasteiger partial charge in [0.25, 0.3) is 11.8 Å². The second-order valence-corrected chi connectivity index (χ2v) is 26.9. The van der Waals surface area contributed by atoms with Crippen molar-refractivity contribution in [1.29, 1.82) is 0 Å². The average Bonchev–Trinajstić information content (AvgIpc) is 3.89. The first-order valence-electron chi connectivity index (χ1n) is 31.3. The van der Waals surface area contributed by atoms with Gasteiger partial charge in [-0.3, -0.25) is 33.7 Å². The zero-order valence-corrected chi connectivity index (χ0v) is 56.9. The highest BCUT2D eigenvalue weighted by Crippen LogP contribution is 2.25. The van der Waals surface area contributed by atoms with E-state index in [-0.39, 0.29) is 101 Å². The van der Waals surface area contributed by atoms with Gasteiger partial charge in [0.15, 0.2) is 0 Å². The molecule has 88 heavy (non-hydrogen) atoms. The maximum absolute atomic E-state index is 13.9. The molecule has 2 aromatic carbocycles. The lowest BCUT2D eigenvalue weighted by Gasteiger charge is -2.36. The number of nitrogens with zero attached hydrogens (tertiary/aromatic N) is 6. The van der Waals surface area contributed by atoms with Crippen LogP contribution in [0.15, 0.2) is 94.7 Å². The van der Waals surface area contributed by atoms with Crippen LogP contribution in [0.4, 0.5) is 0 Å². The van der Waals surface area contributed by atoms with Crippen molar-refractivity contribution in [2.45, 2.75) is 183 Å². The second kappa shape index (κ2) is 36.8. The molecule has 18 nitrogen and oxygen atoms in total. The van der Waals surface area contributed by atoms with E-state index in [1.807, 2.05) is 136 Å². The summed E-state index contributed by atoms with van der Waals surface area (Å²) in [6.07, 6.45) is 10.7. The number of likely N-dealkylation sites (tertiary alicyclic amines) is 1. The number of nitrogens with one attached hydrogen (secondary N) is 4. The number of carboxylic acids is 1. The van der Waals surface area contributed by atoms with E-state index in [1.165, 1.54) is 29.6 Å². The molecule has 0 bridgehead atoms. The topological polar surface area (TPSA) is 227 Å². The summed E-state index contributed by atoms with van der Waals surface area (Å²) in [5.74, 6) is -1.63. The van der Waals surface area contributed by atoms with Gasteiger partial charge in [-0.05, 0) is 122 Å². The third kappa shape index (κ3) is 23.7. The number of carbonyl (C=O) groups is 7. The van der Waals surface area contributed by atoms with Gasteiger partial charge in [-0.25, -0.2) is 14.8 Å². The van der Waals surface area contributed by atoms with Crippen molar-refractivity contribution in [3.05, 3.63) is 127 Å². The molecule has 0 radical (unpaired) electrons. The monoisotopic (exact) mass is 1250 g/mol. The Labute approximate surface area is 532 Å². The number of carboxylic acid groups (broad SMARTS) is 1. The standard InChI is InChI=1S/C35H51N5O5S.C33H51N5O3S/c1-8-23(4)31(38-33(42)29-15-12-18-39(29)6)34(43)40(7)28(22(2)3)16-17-30-37-27(21-46-30)32(41)36-26(19-24(5)35(44)45)20-25-13-10-9-11-14-25;1-10-24(6)31(36-29(39)20-37(7)8)33(41)38(9)28(23(4)5)16-17-30-35-27(21-42-30)32(40)34-26(18-22(2)3)19-25-14-12-11-13-15-25/h9-11,13-14,19,21-23,26,28-29,31H,8,12,15-18,20H2,1-7H3,(H,36,41)(H,38,42)(H,44,45);11-15,18,21,23-24,26,28,31H,10,16-17,19-20H2,1-9H3,(H,34,40)(H,36,39)/b24-19+;/t23?,26-,28-,29?,31+;24?,26-,28-,31+/m11/s1. The molecule has 0 saturated carbocycles. The lowest BCUT2D eigenvalue weighted by atomic mass is 9.93. The van der Waals surface area contributed by atoms with Crippen LogP contribution in [0.25, 0.3) is 0 Å². The van der Waals surface area contributed by atoms with Crippen LogP contribution in [-0.2, 0) is 49.7 Å². The number of benzene rings is 2. The van der Waals surface area contributed by atoms with E-state index in [9.17, 15) is 38.7 Å². The van der Waals surface area contributed by atoms with E-state index < -0.39 is 24.1 Å². The number of hydrogen-bond acceptors (Lipinski definition) is 13. The number of hydrogen-bond donors (Lipinski definition) is 5. The molecule has 3 unspecified atom stereocenters. The number of aryl methyl sites for hydroxylation is 2. The summed E-state index contributed by atoms with van der Waals surface area (Å²) in [4.78, 5) is 108. The van der Waals surface area contributed by atoms with Crippen LogP contribution in [0.3, 0.4) is 0 Å². The fourth-order valence-corrected chi connectivity index (χ4v) is 12.6. The molecule has 6 amide bonds. The fourth-order valence-electron chi connectivity index (χ4n) is 11.0. The van der Waals surface area contributed by atoms with Crippen molar-refractivity contribution in [2.24, 2.45) is 23.7 Å². The Hall–Kier alpha value is -6.61. The normalized spacial score (nSPS) is 16.2. The first-order valence-corrected chi connectivity index (χ1v) is 33.0. The molecular formula is C68H102N10O8S2. The Morgan fingerprint density at radius 3 is 1.45 bits per heavy atom. The summed E-state index contributed by atoms with van der Waals surface area (Å²) in [5, 5.41) is 26.7. The summed E-state index contributed by atoms with van der Waals surface area (Å²) in [7, 11) is 9.27. The van der Waals surface area contributed by atoms with Crippen LogP contribution in [-0.4, -0.2) is 167 Å². The van der Waals surface area contributed by atoms with Gasteiger partial charge in [-0.15, -0.1) is 22.7 Å². The quantitative estimate of drug-likeness (QED) is 0.0228. The van der Waals surface area contributed by atoms with Crippen LogP contribution < -0.4 is 21.3 Å². The third-order valence-electron chi connectivity index (χ3n) is 16.5. The van der Waals surface area contributed by atoms with Crippen LogP contribution in [0, 0.1) is 23.7 Å². The Bertz CT molecular complexity index is 2920. The zero-order valence-electron chi connectivity index (χ0n) is 55.2. The minimum Gasteiger partial charge on any atom is -0.478 e. The summed E-state index contributed by atoms with van der Waals surface area (Å²) in [5.41, 5.74) is 4.12. The first-order chi connectivity index (χ1) is 41.6. The molecule has 20 heteroatoms. The molecule has 484 valence electrons. The number of thiazole rings is 2.